The van der Waals surface area contributed by atoms with E-state index in [-0.39, 0.29) is 35.6 Å². The minimum Gasteiger partial charge on any atom is -0.465 e. The van der Waals surface area contributed by atoms with Gasteiger partial charge in [0.2, 0.25) is 0 Å². The van der Waals surface area contributed by atoms with E-state index in [1.807, 2.05) is 13.0 Å². The van der Waals surface area contributed by atoms with Crippen molar-refractivity contribution >= 4 is 29.9 Å². The van der Waals surface area contributed by atoms with E-state index in [2.05, 4.69) is 49.3 Å². The zero-order chi connectivity index (χ0) is 16.9. The molecule has 24 heavy (non-hydrogen) atoms. The number of likely N-dealkylation sites (tertiary alicyclic amines) is 1. The fourth-order valence-corrected chi connectivity index (χ4v) is 2.91. The predicted octanol–water partition coefficient (Wildman–Crippen LogP) is 3.70. The summed E-state index contributed by atoms with van der Waals surface area (Å²) in [5.74, 6) is 2.86. The first kappa shape index (κ1) is 21.3. The Balaban J connectivity index is 0.00000288. The third-order valence-corrected chi connectivity index (χ3v) is 3.93. The largest absolute Gasteiger partial charge is 0.465 e. The van der Waals surface area contributed by atoms with E-state index in [9.17, 15) is 0 Å². The molecule has 0 spiro atoms. The number of nitrogens with one attached hydrogen (secondary N) is 2. The lowest BCUT2D eigenvalue weighted by atomic mass is 10.1. The van der Waals surface area contributed by atoms with Crippen molar-refractivity contribution in [1.82, 2.24) is 15.5 Å². The molecule has 0 amide bonds. The number of aliphatic imine (C=N–C) groups is 1. The van der Waals surface area contributed by atoms with Crippen LogP contribution in [0.25, 0.3) is 0 Å². The molecule has 1 atom stereocenters. The molecule has 0 aliphatic carbocycles. The molecule has 0 bridgehead atoms. The van der Waals surface area contributed by atoms with Gasteiger partial charge in [0.1, 0.15) is 11.5 Å². The monoisotopic (exact) mass is 448 g/mol. The highest BCUT2D eigenvalue weighted by Crippen LogP contribution is 2.26. The van der Waals surface area contributed by atoms with Gasteiger partial charge in [0.15, 0.2) is 5.96 Å². The molecule has 2 rings (SSSR count). The van der Waals surface area contributed by atoms with Crippen molar-refractivity contribution in [1.29, 1.82) is 0 Å². The Labute approximate surface area is 163 Å². The average Bonchev–Trinajstić information content (AvgIpc) is 3.10. The van der Waals surface area contributed by atoms with Crippen LogP contribution in [0.15, 0.2) is 21.5 Å². The van der Waals surface area contributed by atoms with Crippen LogP contribution in [-0.4, -0.2) is 42.6 Å². The molecule has 138 valence electrons. The van der Waals surface area contributed by atoms with E-state index in [0.717, 1.165) is 37.1 Å². The molecule has 0 saturated carbocycles. The van der Waals surface area contributed by atoms with Crippen LogP contribution in [-0.2, 0) is 0 Å². The van der Waals surface area contributed by atoms with Gasteiger partial charge >= 0.3 is 0 Å². The average molecular weight is 448 g/mol. The quantitative estimate of drug-likeness (QED) is 0.410. The van der Waals surface area contributed by atoms with Gasteiger partial charge in [-0.1, -0.05) is 0 Å². The highest BCUT2D eigenvalue weighted by Gasteiger charge is 2.26. The summed E-state index contributed by atoms with van der Waals surface area (Å²) < 4.78 is 5.90. The molecule has 5 nitrogen and oxygen atoms in total. The van der Waals surface area contributed by atoms with Crippen molar-refractivity contribution in [2.45, 2.75) is 59.0 Å². The van der Waals surface area contributed by atoms with Crippen LogP contribution in [0.2, 0.25) is 0 Å². The number of rotatable bonds is 5. The Bertz CT molecular complexity index is 515. The summed E-state index contributed by atoms with van der Waals surface area (Å²) >= 11 is 0. The smallest absolute Gasteiger partial charge is 0.191 e. The van der Waals surface area contributed by atoms with Crippen molar-refractivity contribution in [3.8, 4) is 0 Å². The maximum atomic E-state index is 5.90. The zero-order valence-electron chi connectivity index (χ0n) is 15.7. The maximum absolute atomic E-state index is 5.90. The Morgan fingerprint density at radius 3 is 2.46 bits per heavy atom. The first-order chi connectivity index (χ1) is 10.9. The molecule has 1 aliphatic rings. The number of aryl methyl sites for hydroxylation is 1. The summed E-state index contributed by atoms with van der Waals surface area (Å²) in [5, 5.41) is 6.78. The Kier molecular flexibility index (Phi) is 8.56. The molecule has 1 aliphatic heterocycles. The van der Waals surface area contributed by atoms with Gasteiger partial charge in [0.05, 0.1) is 12.6 Å². The van der Waals surface area contributed by atoms with E-state index >= 15 is 0 Å². The number of guanidine groups is 1. The van der Waals surface area contributed by atoms with Crippen LogP contribution in [0.1, 0.15) is 58.1 Å². The summed E-state index contributed by atoms with van der Waals surface area (Å²) in [7, 11) is 0. The predicted molar refractivity (Wildman–Crippen MR) is 111 cm³/mol. The van der Waals surface area contributed by atoms with Crippen LogP contribution in [0.3, 0.4) is 0 Å². The first-order valence-electron chi connectivity index (χ1n) is 8.76. The molecular weight excluding hydrogens is 415 g/mol. The fourth-order valence-electron chi connectivity index (χ4n) is 2.91. The van der Waals surface area contributed by atoms with E-state index in [0.29, 0.717) is 6.54 Å². The second-order valence-corrected chi connectivity index (χ2v) is 7.30. The number of hydrogen-bond acceptors (Lipinski definition) is 3. The Morgan fingerprint density at radius 2 is 1.96 bits per heavy atom. The minimum absolute atomic E-state index is 0. The van der Waals surface area contributed by atoms with Gasteiger partial charge in [0.25, 0.3) is 0 Å². The van der Waals surface area contributed by atoms with Gasteiger partial charge in [-0.2, -0.15) is 0 Å². The van der Waals surface area contributed by atoms with E-state index < -0.39 is 0 Å². The van der Waals surface area contributed by atoms with Gasteiger partial charge < -0.3 is 15.1 Å². The van der Waals surface area contributed by atoms with Crippen molar-refractivity contribution in [3.63, 3.8) is 0 Å². The zero-order valence-corrected chi connectivity index (χ0v) is 18.0. The van der Waals surface area contributed by atoms with Crippen molar-refractivity contribution < 1.29 is 4.42 Å². The lowest BCUT2D eigenvalue weighted by molar-refractivity contribution is 0.219. The summed E-state index contributed by atoms with van der Waals surface area (Å²) in [6.07, 6.45) is 2.53. The number of nitrogens with zero attached hydrogens (tertiary/aromatic N) is 2. The molecule has 0 aromatic carbocycles. The SMILES string of the molecule is CCNC(=NCC(c1ccc(C)o1)N1CCCC1)NC(C)(C)C.I. The second kappa shape index (κ2) is 9.65. The molecule has 1 unspecified atom stereocenters. The van der Waals surface area contributed by atoms with Gasteiger partial charge in [-0.05, 0) is 72.7 Å². The lowest BCUT2D eigenvalue weighted by Gasteiger charge is -2.27. The van der Waals surface area contributed by atoms with Crippen molar-refractivity contribution in [2.24, 2.45) is 4.99 Å². The topological polar surface area (TPSA) is 52.8 Å². The maximum Gasteiger partial charge on any atom is 0.191 e. The minimum atomic E-state index is -0.00852. The lowest BCUT2D eigenvalue weighted by Crippen LogP contribution is -2.47. The number of hydrogen-bond donors (Lipinski definition) is 2. The molecule has 0 radical (unpaired) electrons. The molecule has 1 aromatic rings. The first-order valence-corrected chi connectivity index (χ1v) is 8.76. The van der Waals surface area contributed by atoms with Gasteiger partial charge in [0, 0.05) is 12.1 Å². The summed E-state index contributed by atoms with van der Waals surface area (Å²) in [5.41, 5.74) is -0.00852. The summed E-state index contributed by atoms with van der Waals surface area (Å²) in [4.78, 5) is 7.31. The fraction of sp³-hybridized carbons (Fsp3) is 0.722. The van der Waals surface area contributed by atoms with Gasteiger partial charge in [-0.3, -0.25) is 9.89 Å². The van der Waals surface area contributed by atoms with Gasteiger partial charge in [-0.25, -0.2) is 0 Å². The van der Waals surface area contributed by atoms with E-state index in [4.69, 9.17) is 9.41 Å². The molecular formula is C18H33IN4O. The highest BCUT2D eigenvalue weighted by molar-refractivity contribution is 14.0. The third-order valence-electron chi connectivity index (χ3n) is 3.93. The number of furan rings is 1. The third kappa shape index (κ3) is 6.63. The molecule has 1 aromatic heterocycles. The molecule has 1 fully saturated rings. The number of halogens is 1. The van der Waals surface area contributed by atoms with Crippen molar-refractivity contribution in [2.75, 3.05) is 26.2 Å². The highest BCUT2D eigenvalue weighted by atomic mass is 127. The summed E-state index contributed by atoms with van der Waals surface area (Å²) in [6.45, 7) is 14.3. The molecule has 6 heteroatoms. The van der Waals surface area contributed by atoms with E-state index in [1.54, 1.807) is 0 Å². The molecule has 1 saturated heterocycles. The molecule has 2 heterocycles. The van der Waals surface area contributed by atoms with Crippen LogP contribution in [0, 0.1) is 6.92 Å². The normalized spacial score (nSPS) is 17.5. The molecule has 2 N–H and O–H groups in total. The Hall–Kier alpha value is -0.760. The van der Waals surface area contributed by atoms with Crippen LogP contribution < -0.4 is 10.6 Å². The van der Waals surface area contributed by atoms with Crippen LogP contribution in [0.4, 0.5) is 0 Å². The van der Waals surface area contributed by atoms with E-state index in [1.165, 1.54) is 12.8 Å². The van der Waals surface area contributed by atoms with Crippen molar-refractivity contribution in [3.05, 3.63) is 23.7 Å². The van der Waals surface area contributed by atoms with Gasteiger partial charge in [-0.15, -0.1) is 24.0 Å². The summed E-state index contributed by atoms with van der Waals surface area (Å²) in [6, 6.07) is 4.36. The standard InChI is InChI=1S/C18H32N4O.HI/c1-6-19-17(21-18(3,4)5)20-13-15(22-11-7-8-12-22)16-10-9-14(2)23-16;/h9-10,15H,6-8,11-13H2,1-5H3,(H2,19,20,21);1H. The Morgan fingerprint density at radius 1 is 1.29 bits per heavy atom. The van der Waals surface area contributed by atoms with Crippen LogP contribution in [0.5, 0.6) is 0 Å². The second-order valence-electron chi connectivity index (χ2n) is 7.30. The van der Waals surface area contributed by atoms with Crippen LogP contribution >= 0.6 is 24.0 Å².